The molecule has 1 aromatic rings. The first-order valence-corrected chi connectivity index (χ1v) is 5.67. The van der Waals surface area contributed by atoms with Crippen molar-refractivity contribution < 1.29 is 0 Å². The molecule has 14 heavy (non-hydrogen) atoms. The minimum absolute atomic E-state index is 0.717. The number of nitrogens with one attached hydrogen (secondary N) is 2. The molecule has 78 valence electrons. The summed E-state index contributed by atoms with van der Waals surface area (Å²) in [5.41, 5.74) is 2.82. The minimum atomic E-state index is 0.717. The largest absolute Gasteiger partial charge is 0.368 e. The lowest BCUT2D eigenvalue weighted by Crippen LogP contribution is -2.01. The molecular weight excluding hydrogens is 174 g/mol. The standard InChI is InChI=1S/C11H19N3/c1-3-7-12-11-9-6-5-8(4-2)10(9)13-14-11/h8H,3-7H2,1-2H3,(H2,12,13,14). The quantitative estimate of drug-likeness (QED) is 0.771. The molecule has 0 spiro atoms. The van der Waals surface area contributed by atoms with Gasteiger partial charge in [-0.1, -0.05) is 13.8 Å². The summed E-state index contributed by atoms with van der Waals surface area (Å²) < 4.78 is 0. The molecule has 1 heterocycles. The highest BCUT2D eigenvalue weighted by atomic mass is 15.2. The van der Waals surface area contributed by atoms with Crippen LogP contribution in [0.15, 0.2) is 0 Å². The number of H-pyrrole nitrogens is 1. The molecule has 1 atom stereocenters. The lowest BCUT2D eigenvalue weighted by atomic mass is 10.1. The van der Waals surface area contributed by atoms with Gasteiger partial charge in [0.15, 0.2) is 5.82 Å². The summed E-state index contributed by atoms with van der Waals surface area (Å²) in [4.78, 5) is 0. The van der Waals surface area contributed by atoms with Crippen molar-refractivity contribution in [1.29, 1.82) is 0 Å². The molecule has 3 nitrogen and oxygen atoms in total. The molecule has 0 fully saturated rings. The molecule has 1 aliphatic rings. The molecule has 3 heteroatoms. The Hall–Kier alpha value is -0.990. The van der Waals surface area contributed by atoms with E-state index in [2.05, 4.69) is 29.4 Å². The summed E-state index contributed by atoms with van der Waals surface area (Å²) in [6.07, 6.45) is 4.86. The highest BCUT2D eigenvalue weighted by Gasteiger charge is 2.26. The zero-order chi connectivity index (χ0) is 9.97. The number of aromatic amines is 1. The van der Waals surface area contributed by atoms with Crippen molar-refractivity contribution in [1.82, 2.24) is 10.2 Å². The number of rotatable bonds is 4. The van der Waals surface area contributed by atoms with E-state index >= 15 is 0 Å². The fourth-order valence-corrected chi connectivity index (χ4v) is 2.23. The van der Waals surface area contributed by atoms with Crippen LogP contribution in [-0.4, -0.2) is 16.7 Å². The molecule has 0 aliphatic heterocycles. The van der Waals surface area contributed by atoms with E-state index in [0.717, 1.165) is 24.7 Å². The van der Waals surface area contributed by atoms with Crippen LogP contribution in [0.1, 0.15) is 50.3 Å². The number of fused-ring (bicyclic) bond motifs is 1. The maximum absolute atomic E-state index is 4.34. The van der Waals surface area contributed by atoms with Gasteiger partial charge in [-0.05, 0) is 25.7 Å². The summed E-state index contributed by atoms with van der Waals surface area (Å²) in [5, 5.41) is 10.9. The first-order chi connectivity index (χ1) is 6.86. The topological polar surface area (TPSA) is 40.7 Å². The molecule has 1 aliphatic carbocycles. The average Bonchev–Trinajstić information content (AvgIpc) is 2.75. The Balaban J connectivity index is 2.13. The number of aromatic nitrogens is 2. The van der Waals surface area contributed by atoms with Gasteiger partial charge in [0.05, 0.1) is 0 Å². The van der Waals surface area contributed by atoms with Crippen molar-refractivity contribution in [3.63, 3.8) is 0 Å². The normalized spacial score (nSPS) is 19.7. The molecular formula is C11H19N3. The van der Waals surface area contributed by atoms with Gasteiger partial charge in [0.25, 0.3) is 0 Å². The predicted molar refractivity (Wildman–Crippen MR) is 58.7 cm³/mol. The lowest BCUT2D eigenvalue weighted by molar-refractivity contribution is 0.634. The van der Waals surface area contributed by atoms with E-state index in [4.69, 9.17) is 0 Å². The van der Waals surface area contributed by atoms with E-state index in [0.29, 0.717) is 0 Å². The third-order valence-electron chi connectivity index (χ3n) is 3.09. The second kappa shape index (κ2) is 4.03. The van der Waals surface area contributed by atoms with E-state index in [1.54, 1.807) is 0 Å². The van der Waals surface area contributed by atoms with Crippen LogP contribution in [0.4, 0.5) is 5.82 Å². The molecule has 0 bridgehead atoms. The van der Waals surface area contributed by atoms with Gasteiger partial charge in [-0.3, -0.25) is 5.10 Å². The second-order valence-corrected chi connectivity index (χ2v) is 4.04. The van der Waals surface area contributed by atoms with Crippen molar-refractivity contribution in [2.45, 2.75) is 45.4 Å². The Morgan fingerprint density at radius 2 is 2.36 bits per heavy atom. The van der Waals surface area contributed by atoms with Gasteiger partial charge in [0.1, 0.15) is 0 Å². The maximum Gasteiger partial charge on any atom is 0.151 e. The zero-order valence-electron chi connectivity index (χ0n) is 9.06. The SMILES string of the molecule is CCCNc1n[nH]c2c1CCC2CC. The van der Waals surface area contributed by atoms with E-state index in [1.165, 1.54) is 30.5 Å². The second-order valence-electron chi connectivity index (χ2n) is 4.04. The Morgan fingerprint density at radius 1 is 1.50 bits per heavy atom. The smallest absolute Gasteiger partial charge is 0.151 e. The molecule has 0 aromatic carbocycles. The third kappa shape index (κ3) is 1.51. The maximum atomic E-state index is 4.34. The highest BCUT2D eigenvalue weighted by Crippen LogP contribution is 2.37. The molecule has 1 aromatic heterocycles. The van der Waals surface area contributed by atoms with Crippen LogP contribution in [0.5, 0.6) is 0 Å². The fourth-order valence-electron chi connectivity index (χ4n) is 2.23. The van der Waals surface area contributed by atoms with Gasteiger partial charge >= 0.3 is 0 Å². The monoisotopic (exact) mass is 193 g/mol. The number of hydrogen-bond acceptors (Lipinski definition) is 2. The van der Waals surface area contributed by atoms with E-state index in [9.17, 15) is 0 Å². The number of anilines is 1. The van der Waals surface area contributed by atoms with Gasteiger partial charge in [-0.2, -0.15) is 5.10 Å². The Labute approximate surface area is 85.3 Å². The summed E-state index contributed by atoms with van der Waals surface area (Å²) in [7, 11) is 0. The summed E-state index contributed by atoms with van der Waals surface area (Å²) in [5.74, 6) is 1.81. The average molecular weight is 193 g/mol. The van der Waals surface area contributed by atoms with Crippen LogP contribution in [0.25, 0.3) is 0 Å². The first-order valence-electron chi connectivity index (χ1n) is 5.67. The van der Waals surface area contributed by atoms with Crippen molar-refractivity contribution in [3.05, 3.63) is 11.3 Å². The van der Waals surface area contributed by atoms with Crippen molar-refractivity contribution in [3.8, 4) is 0 Å². The minimum Gasteiger partial charge on any atom is -0.368 e. The Kier molecular flexibility index (Phi) is 2.75. The van der Waals surface area contributed by atoms with Crippen LogP contribution in [0.2, 0.25) is 0 Å². The van der Waals surface area contributed by atoms with Crippen LogP contribution < -0.4 is 5.32 Å². The van der Waals surface area contributed by atoms with E-state index in [1.807, 2.05) is 0 Å². The van der Waals surface area contributed by atoms with Gasteiger partial charge in [-0.25, -0.2) is 0 Å². The molecule has 1 unspecified atom stereocenters. The number of nitrogens with zero attached hydrogens (tertiary/aromatic N) is 1. The summed E-state index contributed by atoms with van der Waals surface area (Å²) in [6.45, 7) is 5.45. The lowest BCUT2D eigenvalue weighted by Gasteiger charge is -2.02. The fraction of sp³-hybridized carbons (Fsp3) is 0.727. The molecule has 0 saturated carbocycles. The highest BCUT2D eigenvalue weighted by molar-refractivity contribution is 5.49. The van der Waals surface area contributed by atoms with Crippen LogP contribution in [0.3, 0.4) is 0 Å². The van der Waals surface area contributed by atoms with E-state index < -0.39 is 0 Å². The van der Waals surface area contributed by atoms with Crippen molar-refractivity contribution >= 4 is 5.82 Å². The first kappa shape index (κ1) is 9.56. The zero-order valence-corrected chi connectivity index (χ0v) is 9.06. The Bertz CT molecular complexity index is 303. The predicted octanol–water partition coefficient (Wildman–Crippen LogP) is 2.67. The molecule has 2 N–H and O–H groups in total. The summed E-state index contributed by atoms with van der Waals surface area (Å²) >= 11 is 0. The van der Waals surface area contributed by atoms with Gasteiger partial charge < -0.3 is 5.32 Å². The number of hydrogen-bond donors (Lipinski definition) is 2. The van der Waals surface area contributed by atoms with E-state index in [-0.39, 0.29) is 0 Å². The van der Waals surface area contributed by atoms with Crippen LogP contribution >= 0.6 is 0 Å². The molecule has 0 saturated heterocycles. The third-order valence-corrected chi connectivity index (χ3v) is 3.09. The molecule has 0 amide bonds. The van der Waals surface area contributed by atoms with Crippen molar-refractivity contribution in [2.75, 3.05) is 11.9 Å². The van der Waals surface area contributed by atoms with Crippen molar-refractivity contribution in [2.24, 2.45) is 0 Å². The van der Waals surface area contributed by atoms with Crippen LogP contribution in [-0.2, 0) is 6.42 Å². The van der Waals surface area contributed by atoms with Crippen LogP contribution in [0, 0.1) is 0 Å². The van der Waals surface area contributed by atoms with Gasteiger partial charge in [-0.15, -0.1) is 0 Å². The molecule has 0 radical (unpaired) electrons. The van der Waals surface area contributed by atoms with Gasteiger partial charge in [0, 0.05) is 23.7 Å². The summed E-state index contributed by atoms with van der Waals surface area (Å²) in [6, 6.07) is 0. The van der Waals surface area contributed by atoms with Gasteiger partial charge in [0.2, 0.25) is 0 Å². The Morgan fingerprint density at radius 3 is 3.07 bits per heavy atom. The molecule has 2 rings (SSSR count).